The number of aromatic amines is 1. The van der Waals surface area contributed by atoms with Crippen molar-refractivity contribution in [3.05, 3.63) is 41.7 Å². The summed E-state index contributed by atoms with van der Waals surface area (Å²) in [5.41, 5.74) is 2.73. The van der Waals surface area contributed by atoms with E-state index in [2.05, 4.69) is 32.0 Å². The molecule has 1 amide bonds. The van der Waals surface area contributed by atoms with E-state index in [9.17, 15) is 4.79 Å². The van der Waals surface area contributed by atoms with Crippen molar-refractivity contribution in [1.29, 1.82) is 0 Å². The largest absolute Gasteiger partial charge is 0.360 e. The fourth-order valence-corrected chi connectivity index (χ4v) is 5.12. The number of hydrogen-bond donors (Lipinski definition) is 4. The molecule has 2 aliphatic rings. The molecular formula is C24H29ClN6O. The van der Waals surface area contributed by atoms with Crippen LogP contribution in [-0.2, 0) is 4.79 Å². The third-order valence-electron chi connectivity index (χ3n) is 6.61. The van der Waals surface area contributed by atoms with Crippen LogP contribution in [0.4, 0.5) is 5.95 Å². The number of halogens is 1. The zero-order valence-corrected chi connectivity index (χ0v) is 18.8. The van der Waals surface area contributed by atoms with Crippen molar-refractivity contribution in [3.8, 4) is 11.3 Å². The molecule has 0 bridgehead atoms. The maximum Gasteiger partial charge on any atom is 0.224 e. The van der Waals surface area contributed by atoms with Crippen molar-refractivity contribution in [1.82, 2.24) is 25.6 Å². The van der Waals surface area contributed by atoms with Crippen LogP contribution in [0.25, 0.3) is 22.2 Å². The summed E-state index contributed by atoms with van der Waals surface area (Å²) in [5, 5.41) is 11.7. The molecule has 1 aromatic carbocycles. The lowest BCUT2D eigenvalue weighted by atomic mass is 9.90. The molecule has 1 aliphatic carbocycles. The number of nitrogens with one attached hydrogen (secondary N) is 4. The first-order chi connectivity index (χ1) is 15.7. The van der Waals surface area contributed by atoms with Gasteiger partial charge in [-0.2, -0.15) is 0 Å². The van der Waals surface area contributed by atoms with Gasteiger partial charge in [0.15, 0.2) is 0 Å². The van der Waals surface area contributed by atoms with Gasteiger partial charge in [0.2, 0.25) is 11.9 Å². The highest BCUT2D eigenvalue weighted by atomic mass is 35.5. The van der Waals surface area contributed by atoms with Gasteiger partial charge < -0.3 is 20.9 Å². The van der Waals surface area contributed by atoms with E-state index in [-0.39, 0.29) is 23.9 Å². The number of carbonyl (C=O) groups excluding carboxylic acids is 1. The first-order valence-corrected chi connectivity index (χ1v) is 11.9. The van der Waals surface area contributed by atoms with E-state index in [1.54, 1.807) is 6.20 Å². The van der Waals surface area contributed by atoms with E-state index >= 15 is 0 Å². The standard InChI is InChI=1S/C24H29ClN6O/c25-20-14-28-24(31-22(20)19-13-27-21-9-2-1-8-18(19)21)30-17-7-3-6-16(11-17)29-23(32)15-5-4-10-26-12-15/h1-2,8-9,13-17,26-27H,3-7,10-12H2,(H,29,32)(H,28,30,31)/t15-,16+,17-/m1/s1. The number of nitrogens with zero attached hydrogens (tertiary/aromatic N) is 2. The molecule has 1 aliphatic heterocycles. The molecule has 1 saturated carbocycles. The number of amides is 1. The molecule has 2 aromatic heterocycles. The minimum atomic E-state index is 0.0930. The lowest BCUT2D eigenvalue weighted by molar-refractivity contribution is -0.126. The van der Waals surface area contributed by atoms with Gasteiger partial charge in [-0.1, -0.05) is 29.8 Å². The molecule has 4 N–H and O–H groups in total. The number of rotatable bonds is 5. The maximum absolute atomic E-state index is 12.6. The van der Waals surface area contributed by atoms with Gasteiger partial charge in [-0.3, -0.25) is 4.79 Å². The lowest BCUT2D eigenvalue weighted by Gasteiger charge is -2.32. The van der Waals surface area contributed by atoms with Crippen molar-refractivity contribution in [2.45, 2.75) is 50.6 Å². The Bertz CT molecular complexity index is 1090. The van der Waals surface area contributed by atoms with Gasteiger partial charge in [0.1, 0.15) is 0 Å². The summed E-state index contributed by atoms with van der Waals surface area (Å²) < 4.78 is 0. The van der Waals surface area contributed by atoms with E-state index in [4.69, 9.17) is 16.6 Å². The van der Waals surface area contributed by atoms with Gasteiger partial charge in [0.05, 0.1) is 22.8 Å². The van der Waals surface area contributed by atoms with Crippen LogP contribution in [0.5, 0.6) is 0 Å². The Morgan fingerprint density at radius 2 is 2.00 bits per heavy atom. The Kier molecular flexibility index (Phi) is 6.28. The molecule has 168 valence electrons. The SMILES string of the molecule is O=C(N[C@H]1CCC[C@@H](Nc2ncc(Cl)c(-c3c[nH]c4ccccc34)n2)C1)[C@@H]1CCCNC1. The topological polar surface area (TPSA) is 94.7 Å². The average molecular weight is 453 g/mol. The second-order valence-corrected chi connectivity index (χ2v) is 9.30. The molecule has 32 heavy (non-hydrogen) atoms. The van der Waals surface area contributed by atoms with Crippen molar-refractivity contribution >= 4 is 34.4 Å². The van der Waals surface area contributed by atoms with Crippen molar-refractivity contribution in [2.24, 2.45) is 5.92 Å². The zero-order chi connectivity index (χ0) is 21.9. The smallest absolute Gasteiger partial charge is 0.224 e. The number of carbonyl (C=O) groups is 1. The number of benzene rings is 1. The summed E-state index contributed by atoms with van der Waals surface area (Å²) in [7, 11) is 0. The van der Waals surface area contributed by atoms with Crippen LogP contribution in [-0.4, -0.2) is 46.0 Å². The molecule has 3 atom stereocenters. The highest BCUT2D eigenvalue weighted by molar-refractivity contribution is 6.33. The van der Waals surface area contributed by atoms with Crippen molar-refractivity contribution in [3.63, 3.8) is 0 Å². The molecule has 5 rings (SSSR count). The summed E-state index contributed by atoms with van der Waals surface area (Å²) in [4.78, 5) is 25.1. The zero-order valence-electron chi connectivity index (χ0n) is 18.0. The Labute approximate surface area is 192 Å². The molecule has 1 saturated heterocycles. The van der Waals surface area contributed by atoms with E-state index in [1.807, 2.05) is 24.4 Å². The number of piperidine rings is 1. The van der Waals surface area contributed by atoms with E-state index in [0.717, 1.165) is 68.1 Å². The Hall–Kier alpha value is -2.64. The van der Waals surface area contributed by atoms with Crippen molar-refractivity contribution < 1.29 is 4.79 Å². The molecule has 0 spiro atoms. The Balaban J connectivity index is 1.27. The molecular weight excluding hydrogens is 424 g/mol. The predicted octanol–water partition coefficient (Wildman–Crippen LogP) is 4.12. The van der Waals surface area contributed by atoms with E-state index < -0.39 is 0 Å². The van der Waals surface area contributed by atoms with Crippen LogP contribution < -0.4 is 16.0 Å². The number of aromatic nitrogens is 3. The highest BCUT2D eigenvalue weighted by Crippen LogP contribution is 2.32. The number of H-pyrrole nitrogens is 1. The second kappa shape index (κ2) is 9.46. The van der Waals surface area contributed by atoms with Gasteiger partial charge in [-0.05, 0) is 51.1 Å². The number of anilines is 1. The van der Waals surface area contributed by atoms with Crippen LogP contribution >= 0.6 is 11.6 Å². The number of fused-ring (bicyclic) bond motifs is 1. The molecule has 0 radical (unpaired) electrons. The minimum Gasteiger partial charge on any atom is -0.360 e. The van der Waals surface area contributed by atoms with Gasteiger partial charge in [0.25, 0.3) is 0 Å². The average Bonchev–Trinajstić information content (AvgIpc) is 3.25. The normalized spacial score (nSPS) is 23.7. The number of hydrogen-bond acceptors (Lipinski definition) is 5. The molecule has 3 heterocycles. The van der Waals surface area contributed by atoms with Crippen LogP contribution in [0.3, 0.4) is 0 Å². The van der Waals surface area contributed by atoms with Crippen LogP contribution in [0.15, 0.2) is 36.7 Å². The quantitative estimate of drug-likeness (QED) is 0.467. The van der Waals surface area contributed by atoms with Gasteiger partial charge in [-0.25, -0.2) is 9.97 Å². The third-order valence-corrected chi connectivity index (χ3v) is 6.89. The first kappa shape index (κ1) is 21.2. The van der Waals surface area contributed by atoms with Crippen LogP contribution in [0.2, 0.25) is 5.02 Å². The number of para-hydroxylation sites is 1. The Morgan fingerprint density at radius 1 is 1.12 bits per heavy atom. The second-order valence-electron chi connectivity index (χ2n) is 8.89. The first-order valence-electron chi connectivity index (χ1n) is 11.5. The summed E-state index contributed by atoms with van der Waals surface area (Å²) in [5.74, 6) is 0.853. The van der Waals surface area contributed by atoms with Gasteiger partial charge >= 0.3 is 0 Å². The molecule has 0 unspecified atom stereocenters. The Morgan fingerprint density at radius 3 is 2.88 bits per heavy atom. The van der Waals surface area contributed by atoms with Gasteiger partial charge in [-0.15, -0.1) is 0 Å². The van der Waals surface area contributed by atoms with Crippen LogP contribution in [0, 0.1) is 5.92 Å². The van der Waals surface area contributed by atoms with Gasteiger partial charge in [0, 0.05) is 41.3 Å². The van der Waals surface area contributed by atoms with E-state index in [0.29, 0.717) is 16.7 Å². The molecule has 3 aromatic rings. The predicted molar refractivity (Wildman–Crippen MR) is 128 cm³/mol. The summed E-state index contributed by atoms with van der Waals surface area (Å²) in [6.07, 6.45) is 9.63. The lowest BCUT2D eigenvalue weighted by Crippen LogP contribution is -2.47. The maximum atomic E-state index is 12.6. The molecule has 8 heteroatoms. The summed E-state index contributed by atoms with van der Waals surface area (Å²) in [6, 6.07) is 8.51. The third kappa shape index (κ3) is 4.59. The minimum absolute atomic E-state index is 0.0930. The monoisotopic (exact) mass is 452 g/mol. The fraction of sp³-hybridized carbons (Fsp3) is 0.458. The highest BCUT2D eigenvalue weighted by Gasteiger charge is 2.27. The van der Waals surface area contributed by atoms with E-state index in [1.165, 1.54) is 0 Å². The fourth-order valence-electron chi connectivity index (χ4n) is 4.92. The molecule has 7 nitrogen and oxygen atoms in total. The van der Waals surface area contributed by atoms with Crippen LogP contribution in [0.1, 0.15) is 38.5 Å². The summed E-state index contributed by atoms with van der Waals surface area (Å²) in [6.45, 7) is 1.80. The molecule has 2 fully saturated rings. The van der Waals surface area contributed by atoms with Crippen molar-refractivity contribution in [2.75, 3.05) is 18.4 Å². The summed E-state index contributed by atoms with van der Waals surface area (Å²) >= 11 is 6.47.